The minimum absolute atomic E-state index is 0.0149. The minimum Gasteiger partial charge on any atom is -0.456 e. The van der Waals surface area contributed by atoms with Crippen molar-refractivity contribution in [2.45, 2.75) is 58.1 Å². The van der Waals surface area contributed by atoms with Crippen molar-refractivity contribution in [2.75, 3.05) is 30.4 Å². The Bertz CT molecular complexity index is 1240. The van der Waals surface area contributed by atoms with Crippen molar-refractivity contribution in [1.29, 1.82) is 0 Å². The molecule has 208 valence electrons. The lowest BCUT2D eigenvalue weighted by Gasteiger charge is -2.38. The van der Waals surface area contributed by atoms with Gasteiger partial charge in [0.05, 0.1) is 28.4 Å². The van der Waals surface area contributed by atoms with Gasteiger partial charge in [0, 0.05) is 24.7 Å². The molecule has 0 radical (unpaired) electrons. The molecule has 2 heterocycles. The molecule has 0 unspecified atom stereocenters. The van der Waals surface area contributed by atoms with Gasteiger partial charge in [-0.05, 0) is 76.8 Å². The van der Waals surface area contributed by atoms with Crippen LogP contribution >= 0.6 is 11.6 Å². The third kappa shape index (κ3) is 7.54. The molecule has 2 aromatic rings. The number of esters is 1. The van der Waals surface area contributed by atoms with Gasteiger partial charge in [0.2, 0.25) is 11.8 Å². The summed E-state index contributed by atoms with van der Waals surface area (Å²) in [6, 6.07) is 7.66. The summed E-state index contributed by atoms with van der Waals surface area (Å²) in [7, 11) is 0. The van der Waals surface area contributed by atoms with Crippen molar-refractivity contribution < 1.29 is 28.7 Å². The Labute approximate surface area is 232 Å². The van der Waals surface area contributed by atoms with Crippen LogP contribution in [0.25, 0.3) is 0 Å². The molecule has 39 heavy (non-hydrogen) atoms. The monoisotopic (exact) mass is 556 g/mol. The highest BCUT2D eigenvalue weighted by atomic mass is 35.5. The topological polar surface area (TPSA) is 127 Å². The van der Waals surface area contributed by atoms with Gasteiger partial charge in [-0.25, -0.2) is 9.78 Å². The highest BCUT2D eigenvalue weighted by Crippen LogP contribution is 2.30. The van der Waals surface area contributed by atoms with Crippen LogP contribution in [0.4, 0.5) is 11.5 Å². The molecule has 11 heteroatoms. The number of amides is 3. The second-order valence-corrected chi connectivity index (χ2v) is 11.1. The van der Waals surface area contributed by atoms with Gasteiger partial charge < -0.3 is 25.0 Å². The number of nitrogens with one attached hydrogen (secondary N) is 2. The van der Waals surface area contributed by atoms with Crippen LogP contribution in [0.3, 0.4) is 0 Å². The van der Waals surface area contributed by atoms with Crippen LogP contribution < -0.4 is 10.6 Å². The van der Waals surface area contributed by atoms with E-state index < -0.39 is 17.5 Å². The summed E-state index contributed by atoms with van der Waals surface area (Å²) in [6.45, 7) is 6.47. The first-order chi connectivity index (χ1) is 18.5. The number of hydrogen-bond donors (Lipinski definition) is 2. The van der Waals surface area contributed by atoms with Crippen LogP contribution in [-0.4, -0.2) is 65.0 Å². The zero-order chi connectivity index (χ0) is 28.2. The first-order valence-corrected chi connectivity index (χ1v) is 13.4. The number of hydrogen-bond acceptors (Lipinski definition) is 7. The number of aromatic nitrogens is 1. The lowest BCUT2D eigenvalue weighted by atomic mass is 9.84. The number of morpholine rings is 1. The van der Waals surface area contributed by atoms with Gasteiger partial charge in [-0.3, -0.25) is 14.4 Å². The second kappa shape index (κ2) is 12.1. The quantitative estimate of drug-likeness (QED) is 0.508. The Balaban J connectivity index is 1.50. The van der Waals surface area contributed by atoms with E-state index in [0.717, 1.165) is 0 Å². The summed E-state index contributed by atoms with van der Waals surface area (Å²) in [4.78, 5) is 57.3. The van der Waals surface area contributed by atoms with Gasteiger partial charge in [0.25, 0.3) is 5.91 Å². The van der Waals surface area contributed by atoms with Crippen LogP contribution in [0.15, 0.2) is 36.5 Å². The van der Waals surface area contributed by atoms with E-state index in [1.807, 2.05) is 4.90 Å². The van der Waals surface area contributed by atoms with Crippen molar-refractivity contribution in [3.05, 3.63) is 52.7 Å². The SMILES string of the molecule is CC(C)(C)OC(=O)c1ccc(C(=O)Nc2ccc(Cl)cn2)c(NC(=O)[C@H]2CC[C@H](N3CCOCC3=O)CC2)c1. The summed E-state index contributed by atoms with van der Waals surface area (Å²) < 4.78 is 10.7. The summed E-state index contributed by atoms with van der Waals surface area (Å²) in [5, 5.41) is 5.98. The number of pyridine rings is 1. The fraction of sp³-hybridized carbons (Fsp3) is 0.464. The van der Waals surface area contributed by atoms with E-state index in [0.29, 0.717) is 43.9 Å². The molecule has 1 aromatic heterocycles. The van der Waals surface area contributed by atoms with Gasteiger partial charge in [-0.1, -0.05) is 11.6 Å². The van der Waals surface area contributed by atoms with Crippen LogP contribution in [0.2, 0.25) is 5.02 Å². The zero-order valence-corrected chi connectivity index (χ0v) is 23.0. The van der Waals surface area contributed by atoms with Gasteiger partial charge in [-0.2, -0.15) is 0 Å². The molecule has 1 aromatic carbocycles. The summed E-state index contributed by atoms with van der Waals surface area (Å²) in [6.07, 6.45) is 4.02. The number of rotatable bonds is 6. The Morgan fingerprint density at radius 2 is 1.82 bits per heavy atom. The van der Waals surface area contributed by atoms with E-state index in [-0.39, 0.29) is 53.0 Å². The lowest BCUT2D eigenvalue weighted by Crippen LogP contribution is -2.49. The predicted octanol–water partition coefficient (Wildman–Crippen LogP) is 4.30. The molecule has 4 rings (SSSR count). The third-order valence-electron chi connectivity index (χ3n) is 6.66. The first-order valence-electron chi connectivity index (χ1n) is 13.0. The highest BCUT2D eigenvalue weighted by Gasteiger charge is 2.33. The Kier molecular flexibility index (Phi) is 8.87. The molecule has 10 nitrogen and oxygen atoms in total. The molecule has 2 aliphatic rings. The number of halogens is 1. The van der Waals surface area contributed by atoms with Crippen molar-refractivity contribution >= 4 is 46.8 Å². The predicted molar refractivity (Wildman–Crippen MR) is 146 cm³/mol. The molecule has 0 bridgehead atoms. The average molecular weight is 557 g/mol. The summed E-state index contributed by atoms with van der Waals surface area (Å²) in [5.74, 6) is -1.35. The number of ether oxygens (including phenoxy) is 2. The van der Waals surface area contributed by atoms with Crippen LogP contribution in [0.5, 0.6) is 0 Å². The maximum absolute atomic E-state index is 13.3. The van der Waals surface area contributed by atoms with Crippen LogP contribution in [0, 0.1) is 5.92 Å². The van der Waals surface area contributed by atoms with Crippen molar-refractivity contribution in [1.82, 2.24) is 9.88 Å². The van der Waals surface area contributed by atoms with E-state index in [1.165, 1.54) is 24.4 Å². The van der Waals surface area contributed by atoms with Crippen LogP contribution in [0.1, 0.15) is 67.2 Å². The molecule has 1 aliphatic heterocycles. The molecule has 0 atom stereocenters. The highest BCUT2D eigenvalue weighted by molar-refractivity contribution is 6.30. The maximum Gasteiger partial charge on any atom is 0.338 e. The van der Waals surface area contributed by atoms with Gasteiger partial charge in [-0.15, -0.1) is 0 Å². The number of nitrogens with zero attached hydrogens (tertiary/aromatic N) is 2. The van der Waals surface area contributed by atoms with Crippen LogP contribution in [-0.2, 0) is 19.1 Å². The first kappa shape index (κ1) is 28.5. The normalized spacial score (nSPS) is 19.8. The molecular weight excluding hydrogens is 524 g/mol. The lowest BCUT2D eigenvalue weighted by molar-refractivity contribution is -0.146. The maximum atomic E-state index is 13.3. The summed E-state index contributed by atoms with van der Waals surface area (Å²) in [5.41, 5.74) is -0.145. The number of benzene rings is 1. The molecule has 1 saturated heterocycles. The molecule has 3 amide bonds. The number of carbonyl (C=O) groups is 4. The zero-order valence-electron chi connectivity index (χ0n) is 22.3. The standard InChI is InChI=1S/C28H33ClN4O6/c1-28(2,3)39-27(37)18-6-10-21(26(36)32-23-11-7-19(29)15-30-23)22(14-18)31-25(35)17-4-8-20(9-5-17)33-12-13-38-16-24(33)34/h6-7,10-11,14-15,17,20H,4-5,8-9,12-13,16H2,1-3H3,(H,31,35)(H,30,32,36)/t17-,20-. The third-order valence-corrected chi connectivity index (χ3v) is 6.88. The average Bonchev–Trinajstić information content (AvgIpc) is 2.89. The van der Waals surface area contributed by atoms with E-state index >= 15 is 0 Å². The summed E-state index contributed by atoms with van der Waals surface area (Å²) >= 11 is 5.88. The number of anilines is 2. The molecule has 2 N–H and O–H groups in total. The van der Waals surface area contributed by atoms with Crippen molar-refractivity contribution in [3.8, 4) is 0 Å². The Morgan fingerprint density at radius 1 is 1.08 bits per heavy atom. The Morgan fingerprint density at radius 3 is 2.46 bits per heavy atom. The van der Waals surface area contributed by atoms with E-state index in [4.69, 9.17) is 21.1 Å². The molecule has 2 fully saturated rings. The van der Waals surface area contributed by atoms with E-state index in [2.05, 4.69) is 15.6 Å². The van der Waals surface area contributed by atoms with Crippen molar-refractivity contribution in [3.63, 3.8) is 0 Å². The number of carbonyl (C=O) groups excluding carboxylic acids is 4. The van der Waals surface area contributed by atoms with Gasteiger partial charge in [0.15, 0.2) is 0 Å². The fourth-order valence-corrected chi connectivity index (χ4v) is 4.86. The fourth-order valence-electron chi connectivity index (χ4n) is 4.74. The minimum atomic E-state index is -0.711. The largest absolute Gasteiger partial charge is 0.456 e. The molecule has 1 aliphatic carbocycles. The second-order valence-electron chi connectivity index (χ2n) is 10.7. The smallest absolute Gasteiger partial charge is 0.338 e. The van der Waals surface area contributed by atoms with Crippen molar-refractivity contribution in [2.24, 2.45) is 5.92 Å². The van der Waals surface area contributed by atoms with Gasteiger partial charge >= 0.3 is 5.97 Å². The van der Waals surface area contributed by atoms with E-state index in [9.17, 15) is 19.2 Å². The van der Waals surface area contributed by atoms with E-state index in [1.54, 1.807) is 32.9 Å². The molecule has 1 saturated carbocycles. The molecule has 0 spiro atoms. The molecular formula is C28H33ClN4O6. The van der Waals surface area contributed by atoms with Gasteiger partial charge in [0.1, 0.15) is 18.0 Å². The Hall–Kier alpha value is -3.50.